The van der Waals surface area contributed by atoms with Gasteiger partial charge in [0, 0.05) is 19.1 Å². The molecule has 0 aromatic heterocycles. The van der Waals surface area contributed by atoms with Gasteiger partial charge in [-0.25, -0.2) is 0 Å². The number of ether oxygens (including phenoxy) is 2. The zero-order chi connectivity index (χ0) is 14.3. The largest absolute Gasteiger partial charge is 0.493 e. The van der Waals surface area contributed by atoms with Crippen molar-refractivity contribution in [3.8, 4) is 11.5 Å². The van der Waals surface area contributed by atoms with Crippen molar-refractivity contribution in [2.24, 2.45) is 11.8 Å². The first-order valence-electron chi connectivity index (χ1n) is 7.63. The van der Waals surface area contributed by atoms with Crippen LogP contribution in [0.4, 0.5) is 0 Å². The van der Waals surface area contributed by atoms with E-state index in [1.807, 2.05) is 0 Å². The molecule has 2 aliphatic heterocycles. The number of hydrogen-bond donors (Lipinski definition) is 0. The Kier molecular flexibility index (Phi) is 3.63. The van der Waals surface area contributed by atoms with Gasteiger partial charge >= 0.3 is 0 Å². The summed E-state index contributed by atoms with van der Waals surface area (Å²) in [6.45, 7) is 7.16. The standard InChI is InChI=1S/C17H25NO2/c1-11-7-15-14-9-17(20-4)16(19-3)8-13(14)5-6-18(15)10-12(11)2/h8-9,11-12,15H,5-7,10H2,1-4H3. The summed E-state index contributed by atoms with van der Waals surface area (Å²) in [5.41, 5.74) is 2.89. The summed E-state index contributed by atoms with van der Waals surface area (Å²) >= 11 is 0. The lowest BCUT2D eigenvalue weighted by Gasteiger charge is -2.45. The Morgan fingerprint density at radius 1 is 1.05 bits per heavy atom. The maximum absolute atomic E-state index is 5.49. The predicted molar refractivity (Wildman–Crippen MR) is 80.5 cm³/mol. The average molecular weight is 275 g/mol. The van der Waals surface area contributed by atoms with Gasteiger partial charge in [-0.3, -0.25) is 4.90 Å². The average Bonchev–Trinajstić information content (AvgIpc) is 2.47. The lowest BCUT2D eigenvalue weighted by atomic mass is 9.78. The molecule has 1 aromatic rings. The molecule has 2 aliphatic rings. The van der Waals surface area contributed by atoms with Crippen molar-refractivity contribution in [1.82, 2.24) is 4.90 Å². The molecule has 3 nitrogen and oxygen atoms in total. The number of piperidine rings is 1. The van der Waals surface area contributed by atoms with Crippen LogP contribution in [0.2, 0.25) is 0 Å². The van der Waals surface area contributed by atoms with Gasteiger partial charge in [-0.2, -0.15) is 0 Å². The van der Waals surface area contributed by atoms with Crippen molar-refractivity contribution in [3.63, 3.8) is 0 Å². The normalized spacial score (nSPS) is 29.5. The fraction of sp³-hybridized carbons (Fsp3) is 0.647. The van der Waals surface area contributed by atoms with Crippen LogP contribution in [0.25, 0.3) is 0 Å². The third-order valence-corrected chi connectivity index (χ3v) is 5.20. The Labute approximate surface area is 121 Å². The topological polar surface area (TPSA) is 21.7 Å². The van der Waals surface area contributed by atoms with Crippen molar-refractivity contribution in [2.75, 3.05) is 27.3 Å². The number of fused-ring (bicyclic) bond motifs is 3. The van der Waals surface area contributed by atoms with E-state index in [0.717, 1.165) is 29.8 Å². The predicted octanol–water partition coefficient (Wildman–Crippen LogP) is 3.28. The Hall–Kier alpha value is -1.22. The Balaban J connectivity index is 1.99. The first-order valence-corrected chi connectivity index (χ1v) is 7.63. The van der Waals surface area contributed by atoms with Gasteiger partial charge in [-0.1, -0.05) is 13.8 Å². The fourth-order valence-electron chi connectivity index (χ4n) is 3.71. The number of methoxy groups -OCH3 is 2. The zero-order valence-electron chi connectivity index (χ0n) is 13.0. The Morgan fingerprint density at radius 2 is 1.75 bits per heavy atom. The summed E-state index contributed by atoms with van der Waals surface area (Å²) in [5, 5.41) is 0. The van der Waals surface area contributed by atoms with Gasteiger partial charge in [-0.05, 0) is 47.9 Å². The molecular formula is C17H25NO2. The minimum Gasteiger partial charge on any atom is -0.493 e. The lowest BCUT2D eigenvalue weighted by Crippen LogP contribution is -2.44. The molecule has 1 aromatic carbocycles. The summed E-state index contributed by atoms with van der Waals surface area (Å²) in [5.74, 6) is 3.31. The van der Waals surface area contributed by atoms with E-state index < -0.39 is 0 Å². The van der Waals surface area contributed by atoms with Gasteiger partial charge in [0.15, 0.2) is 11.5 Å². The minimum absolute atomic E-state index is 0.560. The van der Waals surface area contributed by atoms with Crippen LogP contribution in [0.3, 0.4) is 0 Å². The molecule has 0 saturated carbocycles. The highest BCUT2D eigenvalue weighted by Gasteiger charge is 2.35. The van der Waals surface area contributed by atoms with Crippen LogP contribution in [0.1, 0.15) is 37.4 Å². The van der Waals surface area contributed by atoms with E-state index in [1.165, 1.54) is 30.6 Å². The van der Waals surface area contributed by atoms with E-state index in [0.29, 0.717) is 6.04 Å². The van der Waals surface area contributed by atoms with Crippen molar-refractivity contribution in [1.29, 1.82) is 0 Å². The highest BCUT2D eigenvalue weighted by molar-refractivity contribution is 5.49. The molecule has 3 rings (SSSR count). The molecule has 0 radical (unpaired) electrons. The maximum Gasteiger partial charge on any atom is 0.161 e. The number of nitrogens with zero attached hydrogens (tertiary/aromatic N) is 1. The van der Waals surface area contributed by atoms with E-state index in [4.69, 9.17) is 9.47 Å². The van der Waals surface area contributed by atoms with Crippen LogP contribution < -0.4 is 9.47 Å². The monoisotopic (exact) mass is 275 g/mol. The van der Waals surface area contributed by atoms with E-state index in [1.54, 1.807) is 14.2 Å². The highest BCUT2D eigenvalue weighted by atomic mass is 16.5. The molecule has 0 aliphatic carbocycles. The molecule has 3 unspecified atom stereocenters. The molecule has 1 fully saturated rings. The molecule has 1 saturated heterocycles. The van der Waals surface area contributed by atoms with Gasteiger partial charge in [-0.15, -0.1) is 0 Å². The molecule has 3 heteroatoms. The second kappa shape index (κ2) is 5.28. The molecule has 0 amide bonds. The van der Waals surface area contributed by atoms with Crippen LogP contribution in [-0.2, 0) is 6.42 Å². The fourth-order valence-corrected chi connectivity index (χ4v) is 3.71. The smallest absolute Gasteiger partial charge is 0.161 e. The summed E-state index contributed by atoms with van der Waals surface area (Å²) < 4.78 is 10.9. The molecule has 2 heterocycles. The summed E-state index contributed by atoms with van der Waals surface area (Å²) in [6.07, 6.45) is 2.37. The summed E-state index contributed by atoms with van der Waals surface area (Å²) in [7, 11) is 3.43. The van der Waals surface area contributed by atoms with Crippen LogP contribution in [0.15, 0.2) is 12.1 Å². The second-order valence-corrected chi connectivity index (χ2v) is 6.36. The first kappa shape index (κ1) is 13.7. The summed E-state index contributed by atoms with van der Waals surface area (Å²) in [4.78, 5) is 2.65. The zero-order valence-corrected chi connectivity index (χ0v) is 13.0. The van der Waals surface area contributed by atoms with E-state index in [2.05, 4.69) is 30.9 Å². The Bertz CT molecular complexity index is 500. The van der Waals surface area contributed by atoms with Gasteiger partial charge < -0.3 is 9.47 Å². The third-order valence-electron chi connectivity index (χ3n) is 5.20. The highest BCUT2D eigenvalue weighted by Crippen LogP contribution is 2.44. The molecule has 3 atom stereocenters. The second-order valence-electron chi connectivity index (χ2n) is 6.36. The number of benzene rings is 1. The summed E-state index contributed by atoms with van der Waals surface area (Å²) in [6, 6.07) is 4.94. The van der Waals surface area contributed by atoms with Crippen molar-refractivity contribution in [3.05, 3.63) is 23.3 Å². The molecular weight excluding hydrogens is 250 g/mol. The lowest BCUT2D eigenvalue weighted by molar-refractivity contribution is 0.0684. The molecule has 0 N–H and O–H groups in total. The Morgan fingerprint density at radius 3 is 2.45 bits per heavy atom. The molecule has 110 valence electrons. The van der Waals surface area contributed by atoms with Crippen molar-refractivity contribution >= 4 is 0 Å². The minimum atomic E-state index is 0.560. The van der Waals surface area contributed by atoms with Gasteiger partial charge in [0.1, 0.15) is 0 Å². The SMILES string of the molecule is COc1cc2c(cc1OC)C1CC(C)C(C)CN1CC2. The van der Waals surface area contributed by atoms with Crippen LogP contribution >= 0.6 is 0 Å². The number of rotatable bonds is 2. The number of hydrogen-bond acceptors (Lipinski definition) is 3. The third kappa shape index (κ3) is 2.18. The van der Waals surface area contributed by atoms with E-state index in [-0.39, 0.29) is 0 Å². The van der Waals surface area contributed by atoms with E-state index in [9.17, 15) is 0 Å². The maximum atomic E-state index is 5.49. The molecule has 0 bridgehead atoms. The quantitative estimate of drug-likeness (QED) is 0.827. The molecule has 0 spiro atoms. The first-order chi connectivity index (χ1) is 9.63. The van der Waals surface area contributed by atoms with Crippen molar-refractivity contribution in [2.45, 2.75) is 32.7 Å². The van der Waals surface area contributed by atoms with Gasteiger partial charge in [0.25, 0.3) is 0 Å². The van der Waals surface area contributed by atoms with Gasteiger partial charge in [0.05, 0.1) is 14.2 Å². The van der Waals surface area contributed by atoms with Crippen LogP contribution in [-0.4, -0.2) is 32.2 Å². The molecule has 20 heavy (non-hydrogen) atoms. The van der Waals surface area contributed by atoms with Gasteiger partial charge in [0.2, 0.25) is 0 Å². The van der Waals surface area contributed by atoms with E-state index >= 15 is 0 Å². The van der Waals surface area contributed by atoms with Crippen LogP contribution in [0.5, 0.6) is 11.5 Å². The van der Waals surface area contributed by atoms with Crippen molar-refractivity contribution < 1.29 is 9.47 Å². The van der Waals surface area contributed by atoms with Crippen LogP contribution in [0, 0.1) is 11.8 Å².